The molecule has 2 heterocycles. The summed E-state index contributed by atoms with van der Waals surface area (Å²) in [5.41, 5.74) is 1.58. The molecule has 1 aromatic carbocycles. The molecule has 2 aromatic rings. The molecule has 0 spiro atoms. The molecule has 1 amide bonds. The summed E-state index contributed by atoms with van der Waals surface area (Å²) in [7, 11) is 0. The Bertz CT molecular complexity index is 756. The largest absolute Gasteiger partial charge is 0.481 e. The number of aliphatic carboxylic acids is 1. The molecular formula is C18H21FN2O3. The van der Waals surface area contributed by atoms with Crippen LogP contribution in [0.2, 0.25) is 0 Å². The van der Waals surface area contributed by atoms with Gasteiger partial charge in [0.2, 0.25) is 5.91 Å². The molecule has 1 aromatic heterocycles. The lowest BCUT2D eigenvalue weighted by atomic mass is 9.97. The van der Waals surface area contributed by atoms with Gasteiger partial charge >= 0.3 is 5.97 Å². The number of likely N-dealkylation sites (tertiary alicyclic amines) is 1. The minimum absolute atomic E-state index is 0.00991. The zero-order valence-electron chi connectivity index (χ0n) is 13.4. The number of aromatic nitrogens is 1. The summed E-state index contributed by atoms with van der Waals surface area (Å²) in [5, 5.41) is 9.60. The van der Waals surface area contributed by atoms with Crippen LogP contribution < -0.4 is 0 Å². The highest BCUT2D eigenvalue weighted by Crippen LogP contribution is 2.24. The number of hydrogen-bond donors (Lipinski definition) is 2. The van der Waals surface area contributed by atoms with Crippen LogP contribution in [0.4, 0.5) is 4.39 Å². The molecular weight excluding hydrogens is 311 g/mol. The average molecular weight is 332 g/mol. The number of fused-ring (bicyclic) bond motifs is 1. The molecule has 1 saturated heterocycles. The first-order valence-corrected chi connectivity index (χ1v) is 8.31. The van der Waals surface area contributed by atoms with Crippen molar-refractivity contribution in [1.29, 1.82) is 0 Å². The van der Waals surface area contributed by atoms with E-state index in [0.717, 1.165) is 35.7 Å². The Morgan fingerprint density at radius 2 is 2.17 bits per heavy atom. The van der Waals surface area contributed by atoms with Crippen LogP contribution in [0, 0.1) is 5.82 Å². The van der Waals surface area contributed by atoms with Crippen molar-refractivity contribution >= 4 is 22.8 Å². The van der Waals surface area contributed by atoms with Gasteiger partial charge in [-0.3, -0.25) is 9.59 Å². The summed E-state index contributed by atoms with van der Waals surface area (Å²) >= 11 is 0. The molecule has 0 unspecified atom stereocenters. The molecule has 5 nitrogen and oxygen atoms in total. The Morgan fingerprint density at radius 3 is 2.96 bits per heavy atom. The Morgan fingerprint density at radius 1 is 1.33 bits per heavy atom. The number of aromatic amines is 1. The number of piperidine rings is 1. The highest BCUT2D eigenvalue weighted by Gasteiger charge is 2.27. The fraction of sp³-hybridized carbons (Fsp3) is 0.444. The van der Waals surface area contributed by atoms with Gasteiger partial charge in [0, 0.05) is 36.1 Å². The molecule has 0 aliphatic carbocycles. The highest BCUT2D eigenvalue weighted by molar-refractivity contribution is 5.89. The summed E-state index contributed by atoms with van der Waals surface area (Å²) in [6.07, 6.45) is 5.33. The summed E-state index contributed by atoms with van der Waals surface area (Å²) in [4.78, 5) is 28.4. The molecule has 6 heteroatoms. The molecule has 24 heavy (non-hydrogen) atoms. The highest BCUT2D eigenvalue weighted by atomic mass is 19.1. The monoisotopic (exact) mass is 332 g/mol. The second kappa shape index (κ2) is 7.03. The molecule has 1 fully saturated rings. The predicted molar refractivity (Wildman–Crippen MR) is 88.2 cm³/mol. The zero-order valence-corrected chi connectivity index (χ0v) is 13.4. The van der Waals surface area contributed by atoms with E-state index in [-0.39, 0.29) is 30.6 Å². The van der Waals surface area contributed by atoms with Gasteiger partial charge in [-0.2, -0.15) is 0 Å². The van der Waals surface area contributed by atoms with Gasteiger partial charge in [0.1, 0.15) is 5.82 Å². The van der Waals surface area contributed by atoms with Gasteiger partial charge < -0.3 is 15.0 Å². The lowest BCUT2D eigenvalue weighted by Crippen LogP contribution is -2.44. The van der Waals surface area contributed by atoms with Crippen molar-refractivity contribution in [1.82, 2.24) is 9.88 Å². The Labute approximate surface area is 139 Å². The van der Waals surface area contributed by atoms with Crippen LogP contribution in [0.25, 0.3) is 10.9 Å². The lowest BCUT2D eigenvalue weighted by Gasteiger charge is -2.35. The van der Waals surface area contributed by atoms with Crippen LogP contribution in [-0.4, -0.2) is 39.5 Å². The van der Waals surface area contributed by atoms with Crippen LogP contribution in [0.15, 0.2) is 24.4 Å². The SMILES string of the molecule is O=C(O)CC[C@H]1CCCCN1C(=O)Cc1c[nH]c2ccc(F)cc12. The minimum atomic E-state index is -0.833. The number of amides is 1. The molecule has 1 aliphatic heterocycles. The summed E-state index contributed by atoms with van der Waals surface area (Å²) in [5.74, 6) is -1.18. The van der Waals surface area contributed by atoms with E-state index in [1.54, 1.807) is 12.3 Å². The molecule has 3 rings (SSSR count). The van der Waals surface area contributed by atoms with Crippen LogP contribution >= 0.6 is 0 Å². The van der Waals surface area contributed by atoms with E-state index in [4.69, 9.17) is 5.11 Å². The minimum Gasteiger partial charge on any atom is -0.481 e. The predicted octanol–water partition coefficient (Wildman–Crippen LogP) is 3.10. The fourth-order valence-corrected chi connectivity index (χ4v) is 3.48. The lowest BCUT2D eigenvalue weighted by molar-refractivity contribution is -0.139. The number of rotatable bonds is 5. The second-order valence-electron chi connectivity index (χ2n) is 6.35. The molecule has 0 bridgehead atoms. The maximum atomic E-state index is 13.5. The Balaban J connectivity index is 1.74. The number of benzene rings is 1. The summed E-state index contributed by atoms with van der Waals surface area (Å²) in [6.45, 7) is 0.667. The third kappa shape index (κ3) is 3.58. The topological polar surface area (TPSA) is 73.4 Å². The first kappa shape index (κ1) is 16.5. The van der Waals surface area contributed by atoms with E-state index in [9.17, 15) is 14.0 Å². The van der Waals surface area contributed by atoms with E-state index in [0.29, 0.717) is 13.0 Å². The van der Waals surface area contributed by atoms with Crippen molar-refractivity contribution in [3.05, 3.63) is 35.8 Å². The van der Waals surface area contributed by atoms with E-state index < -0.39 is 5.97 Å². The third-order valence-electron chi connectivity index (χ3n) is 4.71. The third-order valence-corrected chi connectivity index (χ3v) is 4.71. The number of carboxylic acid groups (broad SMARTS) is 1. The van der Waals surface area contributed by atoms with Crippen LogP contribution in [0.5, 0.6) is 0 Å². The van der Waals surface area contributed by atoms with Crippen molar-refractivity contribution in [2.24, 2.45) is 0 Å². The van der Waals surface area contributed by atoms with Gasteiger partial charge in [0.25, 0.3) is 0 Å². The molecule has 0 saturated carbocycles. The number of carbonyl (C=O) groups is 2. The first-order chi connectivity index (χ1) is 11.5. The number of nitrogens with one attached hydrogen (secondary N) is 1. The molecule has 128 valence electrons. The Hall–Kier alpha value is -2.37. The zero-order chi connectivity index (χ0) is 17.1. The second-order valence-corrected chi connectivity index (χ2v) is 6.35. The fourth-order valence-electron chi connectivity index (χ4n) is 3.48. The standard InChI is InChI=1S/C18H21FN2O3/c19-13-4-6-16-15(10-13)12(11-20-16)9-17(22)21-8-2-1-3-14(21)5-7-18(23)24/h4,6,10-11,14,20H,1-3,5,7-9H2,(H,23,24)/t14-/m1/s1. The van der Waals surface area contributed by atoms with E-state index in [1.807, 2.05) is 4.90 Å². The van der Waals surface area contributed by atoms with Crippen LogP contribution in [-0.2, 0) is 16.0 Å². The number of carboxylic acids is 1. The summed E-state index contributed by atoms with van der Waals surface area (Å²) < 4.78 is 13.5. The van der Waals surface area contributed by atoms with Gasteiger partial charge in [-0.15, -0.1) is 0 Å². The molecule has 2 N–H and O–H groups in total. The van der Waals surface area contributed by atoms with E-state index >= 15 is 0 Å². The number of nitrogens with zero attached hydrogens (tertiary/aromatic N) is 1. The first-order valence-electron chi connectivity index (χ1n) is 8.31. The molecule has 0 radical (unpaired) electrons. The molecule has 1 atom stereocenters. The Kier molecular flexibility index (Phi) is 4.83. The van der Waals surface area contributed by atoms with Crippen molar-refractivity contribution in [3.63, 3.8) is 0 Å². The van der Waals surface area contributed by atoms with Crippen LogP contribution in [0.1, 0.15) is 37.7 Å². The van der Waals surface area contributed by atoms with Gasteiger partial charge in [-0.05, 0) is 49.4 Å². The number of carbonyl (C=O) groups excluding carboxylic acids is 1. The normalized spacial score (nSPS) is 18.0. The maximum absolute atomic E-state index is 13.5. The van der Waals surface area contributed by atoms with Crippen molar-refractivity contribution in [2.45, 2.75) is 44.6 Å². The van der Waals surface area contributed by atoms with Gasteiger partial charge in [0.15, 0.2) is 0 Å². The maximum Gasteiger partial charge on any atom is 0.303 e. The smallest absolute Gasteiger partial charge is 0.303 e. The van der Waals surface area contributed by atoms with Gasteiger partial charge in [-0.1, -0.05) is 0 Å². The number of halogens is 1. The number of hydrogen-bond acceptors (Lipinski definition) is 2. The molecule has 1 aliphatic rings. The number of H-pyrrole nitrogens is 1. The van der Waals surface area contributed by atoms with Crippen molar-refractivity contribution in [2.75, 3.05) is 6.54 Å². The van der Waals surface area contributed by atoms with Gasteiger partial charge in [0.05, 0.1) is 6.42 Å². The average Bonchev–Trinajstić information content (AvgIpc) is 2.95. The van der Waals surface area contributed by atoms with Crippen molar-refractivity contribution in [3.8, 4) is 0 Å². The van der Waals surface area contributed by atoms with Crippen LogP contribution in [0.3, 0.4) is 0 Å². The quantitative estimate of drug-likeness (QED) is 0.883. The van der Waals surface area contributed by atoms with E-state index in [2.05, 4.69) is 4.98 Å². The van der Waals surface area contributed by atoms with Crippen molar-refractivity contribution < 1.29 is 19.1 Å². The van der Waals surface area contributed by atoms with Gasteiger partial charge in [-0.25, -0.2) is 4.39 Å². The summed E-state index contributed by atoms with van der Waals surface area (Å²) in [6, 6.07) is 4.47. The van der Waals surface area contributed by atoms with E-state index in [1.165, 1.54) is 12.1 Å².